The Morgan fingerprint density at radius 2 is 1.92 bits per heavy atom. The van der Waals surface area contributed by atoms with Crippen molar-refractivity contribution >= 4 is 44.9 Å². The highest BCUT2D eigenvalue weighted by Gasteiger charge is 2.36. The predicted molar refractivity (Wildman–Crippen MR) is 112 cm³/mol. The van der Waals surface area contributed by atoms with Crippen LogP contribution in [0, 0.1) is 6.92 Å². The first-order chi connectivity index (χ1) is 12.4. The first-order valence-electron chi connectivity index (χ1n) is 8.88. The topological polar surface area (TPSA) is 26.0 Å². The van der Waals surface area contributed by atoms with Gasteiger partial charge in [0.1, 0.15) is 11.1 Å². The lowest BCUT2D eigenvalue weighted by atomic mass is 9.94. The molecule has 1 aliphatic rings. The van der Waals surface area contributed by atoms with Crippen LogP contribution >= 0.6 is 11.3 Å². The van der Waals surface area contributed by atoms with E-state index in [2.05, 4.69) is 68.5 Å². The number of rotatable bonds is 1. The summed E-state index contributed by atoms with van der Waals surface area (Å²) in [7, 11) is 0.552. The molecule has 0 saturated carbocycles. The minimum atomic E-state index is -1.53. The second kappa shape index (κ2) is 5.15. The van der Waals surface area contributed by atoms with E-state index in [0.29, 0.717) is 0 Å². The first kappa shape index (κ1) is 16.0. The third kappa shape index (κ3) is 2.04. The van der Waals surface area contributed by atoms with E-state index < -0.39 is 8.07 Å². The maximum atomic E-state index is 6.58. The maximum absolute atomic E-state index is 6.58. The lowest BCUT2D eigenvalue weighted by Gasteiger charge is -2.23. The zero-order valence-electron chi connectivity index (χ0n) is 15.7. The third-order valence-corrected chi connectivity index (χ3v) is 9.81. The molecule has 5 rings (SSSR count). The van der Waals surface area contributed by atoms with Crippen LogP contribution in [0.1, 0.15) is 5.56 Å². The van der Waals surface area contributed by atoms with Gasteiger partial charge < -0.3 is 4.74 Å². The van der Waals surface area contributed by atoms with E-state index in [1.54, 1.807) is 0 Å². The van der Waals surface area contributed by atoms with Crippen LogP contribution in [0.4, 0.5) is 0 Å². The van der Waals surface area contributed by atoms with Crippen molar-refractivity contribution < 1.29 is 9.30 Å². The summed E-state index contributed by atoms with van der Waals surface area (Å²) in [6.07, 6.45) is 1.94. The van der Waals surface area contributed by atoms with Gasteiger partial charge in [-0.25, -0.2) is 4.57 Å². The highest BCUT2D eigenvalue weighted by atomic mass is 32.1. The molecule has 0 spiro atoms. The molecule has 2 aromatic heterocycles. The summed E-state index contributed by atoms with van der Waals surface area (Å²) >= 11 is 1.81. The quantitative estimate of drug-likeness (QED) is 0.307. The molecule has 0 N–H and O–H groups in total. The van der Waals surface area contributed by atoms with Gasteiger partial charge in [0.05, 0.1) is 20.7 Å². The highest BCUT2D eigenvalue weighted by molar-refractivity contribution is 7.31. The number of hydrogen-bond acceptors (Lipinski definition) is 3. The van der Waals surface area contributed by atoms with Crippen molar-refractivity contribution in [2.24, 2.45) is 7.05 Å². The van der Waals surface area contributed by atoms with Gasteiger partial charge in [0.25, 0.3) is 6.33 Å². The predicted octanol–water partition coefficient (Wildman–Crippen LogP) is 4.90. The summed E-state index contributed by atoms with van der Waals surface area (Å²) < 4.78 is 10.1. The van der Waals surface area contributed by atoms with E-state index in [-0.39, 0.29) is 0 Å². The Bertz CT molecular complexity index is 1220. The van der Waals surface area contributed by atoms with Crippen molar-refractivity contribution in [3.63, 3.8) is 0 Å². The normalized spacial score (nSPS) is 13.1. The second-order valence-electron chi connectivity index (χ2n) is 8.09. The lowest BCUT2D eigenvalue weighted by molar-refractivity contribution is -0.662. The molecule has 0 radical (unpaired) electrons. The molecule has 1 aliphatic heterocycles. The largest absolute Gasteiger partial charge is 0.455 e. The van der Waals surface area contributed by atoms with Gasteiger partial charge in [-0.2, -0.15) is 0 Å². The smallest absolute Gasteiger partial charge is 0.288 e. The van der Waals surface area contributed by atoms with Gasteiger partial charge >= 0.3 is 0 Å². The number of aryl methyl sites for hydroxylation is 2. The summed E-state index contributed by atoms with van der Waals surface area (Å²) in [5, 5.41) is 3.69. The van der Waals surface area contributed by atoms with Gasteiger partial charge in [-0.05, 0) is 34.3 Å². The van der Waals surface area contributed by atoms with E-state index in [1.165, 1.54) is 37.5 Å². The molecule has 0 unspecified atom stereocenters. The molecule has 2 aromatic carbocycles. The summed E-state index contributed by atoms with van der Waals surface area (Å²) in [6.45, 7) is 9.32. The molecule has 0 bridgehead atoms. The van der Waals surface area contributed by atoms with Gasteiger partial charge in [-0.3, -0.25) is 0 Å². The Morgan fingerprint density at radius 1 is 1.15 bits per heavy atom. The molecule has 0 saturated heterocycles. The zero-order valence-corrected chi connectivity index (χ0v) is 17.5. The van der Waals surface area contributed by atoms with Gasteiger partial charge in [-0.1, -0.05) is 55.2 Å². The van der Waals surface area contributed by atoms with Crippen LogP contribution < -0.4 is 13.8 Å². The number of thiophene rings is 1. The van der Waals surface area contributed by atoms with Crippen molar-refractivity contribution in [1.82, 2.24) is 4.98 Å². The van der Waals surface area contributed by atoms with Gasteiger partial charge in [-0.15, -0.1) is 0 Å². The third-order valence-electron chi connectivity index (χ3n) is 5.19. The molecule has 5 heteroatoms. The summed E-state index contributed by atoms with van der Waals surface area (Å²) in [4.78, 5) is 5.79. The van der Waals surface area contributed by atoms with Crippen molar-refractivity contribution in [1.29, 1.82) is 0 Å². The molecule has 130 valence electrons. The molecule has 4 aromatic rings. The van der Waals surface area contributed by atoms with Crippen LogP contribution in [0.15, 0.2) is 36.7 Å². The number of benzene rings is 2. The van der Waals surface area contributed by atoms with Crippen LogP contribution in [0.3, 0.4) is 0 Å². The number of ether oxygens (including phenoxy) is 1. The first-order valence-corrected chi connectivity index (χ1v) is 13.2. The van der Waals surface area contributed by atoms with Crippen molar-refractivity contribution in [3.8, 4) is 22.8 Å². The number of nitrogens with zero attached hydrogens (tertiary/aromatic N) is 2. The van der Waals surface area contributed by atoms with Gasteiger partial charge in [0.2, 0.25) is 4.83 Å². The number of hydrogen-bond donors (Lipinski definition) is 0. The number of fused-ring (bicyclic) bond motifs is 3. The van der Waals surface area contributed by atoms with Crippen LogP contribution in [0.2, 0.25) is 19.6 Å². The number of aromatic nitrogens is 2. The average Bonchev–Trinajstić information content (AvgIpc) is 2.97. The monoisotopic (exact) mass is 377 g/mol. The Kier molecular flexibility index (Phi) is 3.16. The Balaban J connectivity index is 1.97. The molecule has 0 aliphatic carbocycles. The minimum Gasteiger partial charge on any atom is -0.455 e. The molecule has 0 amide bonds. The standard InChI is InChI=1S/C21H21N2OSSi/c1-12-14-9-7-6-8-13(14)10-15-16(12)18-17-19(24-15)21(26(3,4)5)25-20(17)22-11-23(18)2/h6-11H,1-5H3/q+1. The molecule has 0 fully saturated rings. The summed E-state index contributed by atoms with van der Waals surface area (Å²) in [5.41, 5.74) is 3.70. The van der Waals surface area contributed by atoms with E-state index >= 15 is 0 Å². The molecule has 3 nitrogen and oxygen atoms in total. The Morgan fingerprint density at radius 3 is 2.69 bits per heavy atom. The van der Waals surface area contributed by atoms with Crippen LogP contribution in [-0.4, -0.2) is 13.1 Å². The fourth-order valence-corrected chi connectivity index (χ4v) is 7.15. The van der Waals surface area contributed by atoms with Crippen molar-refractivity contribution in [3.05, 3.63) is 42.2 Å². The fraction of sp³-hybridized carbons (Fsp3) is 0.238. The zero-order chi connectivity index (χ0) is 18.2. The fourth-order valence-electron chi connectivity index (χ4n) is 3.95. The summed E-state index contributed by atoms with van der Waals surface area (Å²) in [5.74, 6) is 2.01. The molecule has 0 atom stereocenters. The summed E-state index contributed by atoms with van der Waals surface area (Å²) in [6, 6.07) is 10.7. The van der Waals surface area contributed by atoms with Crippen molar-refractivity contribution in [2.75, 3.05) is 0 Å². The Hall–Kier alpha value is -2.24. The van der Waals surface area contributed by atoms with E-state index in [0.717, 1.165) is 16.3 Å². The lowest BCUT2D eigenvalue weighted by Crippen LogP contribution is -2.36. The average molecular weight is 378 g/mol. The van der Waals surface area contributed by atoms with Gasteiger partial charge in [0, 0.05) is 4.50 Å². The molecular weight excluding hydrogens is 356 g/mol. The Labute approximate surface area is 157 Å². The second-order valence-corrected chi connectivity index (χ2v) is 14.5. The molecule has 3 heterocycles. The van der Waals surface area contributed by atoms with Crippen LogP contribution in [0.5, 0.6) is 11.5 Å². The molecular formula is C21H21N2OSSi+. The maximum Gasteiger partial charge on any atom is 0.288 e. The highest BCUT2D eigenvalue weighted by Crippen LogP contribution is 2.49. The van der Waals surface area contributed by atoms with Gasteiger partial charge in [0.15, 0.2) is 11.4 Å². The SMILES string of the molecule is Cc1c2c(cc3ccccc13)Oc1c([Si](C)(C)C)sc3nc[n+](C)c-2c13. The van der Waals surface area contributed by atoms with E-state index in [1.807, 2.05) is 17.7 Å². The minimum absolute atomic E-state index is 0.967. The van der Waals surface area contributed by atoms with Crippen LogP contribution in [-0.2, 0) is 7.05 Å². The van der Waals surface area contributed by atoms with Crippen LogP contribution in [0.25, 0.3) is 32.2 Å². The van der Waals surface area contributed by atoms with E-state index in [9.17, 15) is 0 Å². The molecule has 26 heavy (non-hydrogen) atoms. The van der Waals surface area contributed by atoms with Crippen molar-refractivity contribution in [2.45, 2.75) is 26.6 Å². The van der Waals surface area contributed by atoms with E-state index in [4.69, 9.17) is 9.72 Å².